The number of aliphatic hydroxyl groups is 8. The van der Waals surface area contributed by atoms with Crippen molar-refractivity contribution in [2.45, 2.75) is 36.6 Å². The van der Waals surface area contributed by atoms with E-state index < -0.39 is 73.3 Å². The summed E-state index contributed by atoms with van der Waals surface area (Å²) >= 11 is 0. The maximum Gasteiger partial charge on any atom is 0.377 e. The van der Waals surface area contributed by atoms with Gasteiger partial charge in [0.1, 0.15) is 31.0 Å². The average Bonchev–Trinajstić information content (AvgIpc) is 2.58. The normalized spacial score (nSPS) is 30.8. The lowest BCUT2D eigenvalue weighted by atomic mass is 10.0. The van der Waals surface area contributed by atoms with E-state index >= 15 is 0 Å². The molecule has 1 aliphatic heterocycles. The first-order valence-electron chi connectivity index (χ1n) is 6.62. The minimum Gasteiger partial charge on any atom is -0.506 e. The van der Waals surface area contributed by atoms with Crippen LogP contribution in [0.4, 0.5) is 0 Å². The Hall–Kier alpha value is -1.96. The highest BCUT2D eigenvalue weighted by Crippen LogP contribution is 2.18. The Labute approximate surface area is 134 Å². The van der Waals surface area contributed by atoms with Crippen molar-refractivity contribution >= 4 is 11.9 Å². The smallest absolute Gasteiger partial charge is 0.377 e. The lowest BCUT2D eigenvalue weighted by molar-refractivity contribution is -0.209. The van der Waals surface area contributed by atoms with Gasteiger partial charge in [0, 0.05) is 0 Å². The van der Waals surface area contributed by atoms with Gasteiger partial charge in [-0.05, 0) is 0 Å². The predicted octanol–water partition coefficient (Wildman–Crippen LogP) is -4.42. The minimum absolute atomic E-state index is 0.856. The first-order chi connectivity index (χ1) is 11.1. The highest BCUT2D eigenvalue weighted by Gasteiger charge is 2.44. The second-order valence-corrected chi connectivity index (χ2v) is 4.93. The van der Waals surface area contributed by atoms with Gasteiger partial charge in [-0.2, -0.15) is 0 Å². The van der Waals surface area contributed by atoms with E-state index in [9.17, 15) is 35.1 Å². The summed E-state index contributed by atoms with van der Waals surface area (Å²) < 4.78 is 8.95. The number of carbonyl (C=O) groups excluding carboxylic acids is 2. The van der Waals surface area contributed by atoms with Crippen molar-refractivity contribution in [3.63, 3.8) is 0 Å². The van der Waals surface area contributed by atoms with Crippen LogP contribution in [-0.2, 0) is 19.1 Å². The van der Waals surface area contributed by atoms with Gasteiger partial charge in [0.05, 0.1) is 6.61 Å². The van der Waals surface area contributed by atoms with Crippen LogP contribution in [0.5, 0.6) is 0 Å². The quantitative estimate of drug-likeness (QED) is 0.129. The van der Waals surface area contributed by atoms with Crippen LogP contribution in [0.3, 0.4) is 0 Å². The van der Waals surface area contributed by atoms with Crippen molar-refractivity contribution in [3.05, 3.63) is 11.5 Å². The van der Waals surface area contributed by atoms with E-state index in [0.29, 0.717) is 0 Å². The molecule has 1 fully saturated rings. The van der Waals surface area contributed by atoms with Crippen molar-refractivity contribution in [2.24, 2.45) is 0 Å². The van der Waals surface area contributed by atoms with E-state index in [4.69, 9.17) is 15.3 Å². The topological polar surface area (TPSA) is 214 Å². The Morgan fingerprint density at radius 1 is 1.17 bits per heavy atom. The zero-order valence-corrected chi connectivity index (χ0v) is 12.1. The summed E-state index contributed by atoms with van der Waals surface area (Å²) in [5.41, 5.74) is 0. The molecule has 8 N–H and O–H groups in total. The summed E-state index contributed by atoms with van der Waals surface area (Å²) in [4.78, 5) is 22.7. The molecule has 1 saturated heterocycles. The molecule has 0 saturated carbocycles. The van der Waals surface area contributed by atoms with E-state index in [0.717, 1.165) is 0 Å². The fraction of sp³-hybridized carbons (Fsp3) is 0.667. The number of cyclic esters (lactones) is 1. The van der Waals surface area contributed by atoms with Crippen molar-refractivity contribution < 1.29 is 59.9 Å². The highest BCUT2D eigenvalue weighted by atomic mass is 16.6. The number of carbonyl (C=O) groups is 2. The molecule has 0 aromatic carbocycles. The summed E-state index contributed by atoms with van der Waals surface area (Å²) in [6.07, 6.45) is -11.2. The first kappa shape index (κ1) is 20.1. The molecule has 1 rings (SSSR count). The van der Waals surface area contributed by atoms with Gasteiger partial charge in [0.25, 0.3) is 0 Å². The third kappa shape index (κ3) is 4.31. The van der Waals surface area contributed by atoms with Crippen molar-refractivity contribution in [2.75, 3.05) is 13.2 Å². The zero-order chi connectivity index (χ0) is 18.6. The maximum atomic E-state index is 11.5. The average molecular weight is 354 g/mol. The van der Waals surface area contributed by atoms with Crippen LogP contribution >= 0.6 is 0 Å². The predicted molar refractivity (Wildman–Crippen MR) is 70.2 cm³/mol. The van der Waals surface area contributed by atoms with Crippen LogP contribution < -0.4 is 0 Å². The van der Waals surface area contributed by atoms with Crippen LogP contribution in [0.15, 0.2) is 11.5 Å². The molecule has 24 heavy (non-hydrogen) atoms. The number of rotatable bonds is 6. The van der Waals surface area contributed by atoms with E-state index in [2.05, 4.69) is 9.47 Å². The van der Waals surface area contributed by atoms with Gasteiger partial charge >= 0.3 is 11.9 Å². The molecular weight excluding hydrogens is 336 g/mol. The van der Waals surface area contributed by atoms with E-state index in [1.807, 2.05) is 0 Å². The van der Waals surface area contributed by atoms with Crippen LogP contribution in [0, 0.1) is 0 Å². The molecule has 0 aromatic rings. The second-order valence-electron chi connectivity index (χ2n) is 4.93. The number of hydrogen-bond donors (Lipinski definition) is 8. The lowest BCUT2D eigenvalue weighted by Gasteiger charge is -2.33. The third-order valence-corrected chi connectivity index (χ3v) is 3.21. The van der Waals surface area contributed by atoms with Crippen molar-refractivity contribution in [1.29, 1.82) is 0 Å². The fourth-order valence-corrected chi connectivity index (χ4v) is 1.72. The number of ether oxygens (including phenoxy) is 2. The molecule has 1 aliphatic rings. The molecule has 0 spiro atoms. The van der Waals surface area contributed by atoms with Crippen molar-refractivity contribution in [3.8, 4) is 0 Å². The van der Waals surface area contributed by atoms with E-state index in [-0.39, 0.29) is 0 Å². The van der Waals surface area contributed by atoms with Crippen LogP contribution in [-0.4, -0.2) is 103 Å². The molecule has 0 aromatic heterocycles. The minimum atomic E-state index is -2.17. The van der Waals surface area contributed by atoms with E-state index in [1.165, 1.54) is 0 Å². The van der Waals surface area contributed by atoms with Gasteiger partial charge < -0.3 is 50.3 Å². The molecule has 0 aliphatic carbocycles. The molecule has 0 radical (unpaired) electrons. The zero-order valence-electron chi connectivity index (χ0n) is 12.1. The molecule has 0 amide bonds. The van der Waals surface area contributed by atoms with Crippen LogP contribution in [0.25, 0.3) is 0 Å². The maximum absolute atomic E-state index is 11.5. The Balaban J connectivity index is 2.70. The Kier molecular flexibility index (Phi) is 6.89. The van der Waals surface area contributed by atoms with Crippen LogP contribution in [0.1, 0.15) is 0 Å². The highest BCUT2D eigenvalue weighted by molar-refractivity contribution is 5.86. The lowest BCUT2D eigenvalue weighted by Crippen LogP contribution is -2.57. The van der Waals surface area contributed by atoms with Gasteiger partial charge in [-0.1, -0.05) is 0 Å². The number of aliphatic hydroxyl groups excluding tert-OH is 8. The fourth-order valence-electron chi connectivity index (χ4n) is 1.72. The standard InChI is InChI=1S/C12H18O12/c13-1-3(14)5(15)7(17)9(19)11(21)23-2-4-6(16)8(18)10(20)12(22)24-4/h3-6,8,10,13-20H,1-2H2/b9-7-/t3-,4+,5+,6-,8-,10+/m0/s1. The molecular formula is C12H18O12. The Bertz CT molecular complexity index is 502. The van der Waals surface area contributed by atoms with Gasteiger partial charge in [-0.25, -0.2) is 9.59 Å². The largest absolute Gasteiger partial charge is 0.506 e. The number of esters is 2. The number of hydrogen-bond acceptors (Lipinski definition) is 12. The second kappa shape index (κ2) is 8.23. The Morgan fingerprint density at radius 3 is 2.29 bits per heavy atom. The van der Waals surface area contributed by atoms with Gasteiger partial charge in [-0.15, -0.1) is 0 Å². The Morgan fingerprint density at radius 2 is 1.75 bits per heavy atom. The van der Waals surface area contributed by atoms with Gasteiger partial charge in [0.15, 0.2) is 18.0 Å². The first-order valence-corrected chi connectivity index (χ1v) is 6.62. The molecule has 0 bridgehead atoms. The molecule has 12 nitrogen and oxygen atoms in total. The van der Waals surface area contributed by atoms with Crippen LogP contribution in [0.2, 0.25) is 0 Å². The molecule has 6 atom stereocenters. The summed E-state index contributed by atoms with van der Waals surface area (Å²) in [6, 6.07) is 0. The molecule has 12 heteroatoms. The summed E-state index contributed by atoms with van der Waals surface area (Å²) in [5, 5.41) is 73.9. The summed E-state index contributed by atoms with van der Waals surface area (Å²) in [7, 11) is 0. The summed E-state index contributed by atoms with van der Waals surface area (Å²) in [5.74, 6) is -5.75. The monoisotopic (exact) mass is 354 g/mol. The van der Waals surface area contributed by atoms with Crippen molar-refractivity contribution in [1.82, 2.24) is 0 Å². The van der Waals surface area contributed by atoms with Gasteiger partial charge in [-0.3, -0.25) is 0 Å². The van der Waals surface area contributed by atoms with Gasteiger partial charge in [0.2, 0.25) is 5.76 Å². The molecule has 1 heterocycles. The van der Waals surface area contributed by atoms with E-state index in [1.54, 1.807) is 0 Å². The third-order valence-electron chi connectivity index (χ3n) is 3.21. The molecule has 0 unspecified atom stereocenters. The summed E-state index contributed by atoms with van der Waals surface area (Å²) in [6.45, 7) is -1.83. The molecule has 138 valence electrons. The SMILES string of the molecule is O=C(OC[C@H]1OC(=O)[C@H](O)[C@@H](O)[C@H]1O)/C(O)=C(/O)[C@H](O)[C@@H](O)CO.